The molecule has 1 atom stereocenters. The molecule has 5 heteroatoms. The normalized spacial score (nSPS) is 11.5. The molecule has 0 aliphatic rings. The first-order valence-electron chi connectivity index (χ1n) is 12.9. The second-order valence-corrected chi connectivity index (χ2v) is 9.08. The number of rotatable bonds is 13. The molecule has 3 rings (SSSR count). The molecule has 0 radical (unpaired) electrons. The van der Waals surface area contributed by atoms with E-state index in [1.807, 2.05) is 85.8 Å². The second kappa shape index (κ2) is 14.1. The third-order valence-electron chi connectivity index (χ3n) is 6.40. The van der Waals surface area contributed by atoms with Crippen molar-refractivity contribution in [2.45, 2.75) is 59.0 Å². The molecule has 0 spiro atoms. The summed E-state index contributed by atoms with van der Waals surface area (Å²) in [5.74, 6) is 0.286. The number of ether oxygens (including phenoxy) is 1. The second-order valence-electron chi connectivity index (χ2n) is 9.08. The Morgan fingerprint density at radius 3 is 2.25 bits per heavy atom. The minimum Gasteiger partial charge on any atom is -0.484 e. The summed E-state index contributed by atoms with van der Waals surface area (Å²) in [5.41, 5.74) is 4.31. The number of hydrogen-bond donors (Lipinski definition) is 1. The van der Waals surface area contributed by atoms with E-state index in [1.54, 1.807) is 4.90 Å². The Kier molecular flexibility index (Phi) is 10.6. The molecule has 3 aromatic rings. The molecular formula is C31H38N2O3. The number of carbonyl (C=O) groups excluding carboxylic acids is 2. The van der Waals surface area contributed by atoms with Crippen molar-refractivity contribution in [3.05, 3.63) is 101 Å². The van der Waals surface area contributed by atoms with Gasteiger partial charge in [0, 0.05) is 19.5 Å². The Bertz CT molecular complexity index is 1100. The highest BCUT2D eigenvalue weighted by Crippen LogP contribution is 2.18. The minimum absolute atomic E-state index is 0.134. The first-order chi connectivity index (χ1) is 17.5. The molecule has 0 aliphatic heterocycles. The number of hydrogen-bond acceptors (Lipinski definition) is 3. The van der Waals surface area contributed by atoms with Crippen LogP contribution < -0.4 is 10.1 Å². The van der Waals surface area contributed by atoms with Crippen LogP contribution in [0.1, 0.15) is 48.9 Å². The lowest BCUT2D eigenvalue weighted by atomic mass is 10.0. The van der Waals surface area contributed by atoms with Gasteiger partial charge >= 0.3 is 0 Å². The van der Waals surface area contributed by atoms with E-state index in [0.717, 1.165) is 36.0 Å². The monoisotopic (exact) mass is 486 g/mol. The van der Waals surface area contributed by atoms with Gasteiger partial charge in [-0.1, -0.05) is 87.0 Å². The van der Waals surface area contributed by atoms with Crippen LogP contribution in [-0.4, -0.2) is 35.9 Å². The molecule has 2 amide bonds. The maximum Gasteiger partial charge on any atom is 0.261 e. The van der Waals surface area contributed by atoms with Gasteiger partial charge in [-0.05, 0) is 54.2 Å². The van der Waals surface area contributed by atoms with E-state index in [4.69, 9.17) is 4.74 Å². The smallest absolute Gasteiger partial charge is 0.261 e. The summed E-state index contributed by atoms with van der Waals surface area (Å²) in [5, 5.41) is 3.05. The van der Waals surface area contributed by atoms with Crippen LogP contribution in [0.15, 0.2) is 78.9 Å². The van der Waals surface area contributed by atoms with Gasteiger partial charge in [0.2, 0.25) is 5.91 Å². The highest BCUT2D eigenvalue weighted by Gasteiger charge is 2.30. The van der Waals surface area contributed by atoms with Crippen LogP contribution in [0.2, 0.25) is 0 Å². The number of carbonyl (C=O) groups is 2. The Balaban J connectivity index is 1.87. The predicted molar refractivity (Wildman–Crippen MR) is 145 cm³/mol. The molecule has 36 heavy (non-hydrogen) atoms. The average molecular weight is 487 g/mol. The van der Waals surface area contributed by atoms with E-state index in [-0.39, 0.29) is 18.4 Å². The third kappa shape index (κ3) is 7.98. The third-order valence-corrected chi connectivity index (χ3v) is 6.40. The van der Waals surface area contributed by atoms with Crippen molar-refractivity contribution < 1.29 is 14.3 Å². The van der Waals surface area contributed by atoms with Crippen LogP contribution in [0.3, 0.4) is 0 Å². The molecule has 0 saturated heterocycles. The quantitative estimate of drug-likeness (QED) is 0.325. The van der Waals surface area contributed by atoms with Gasteiger partial charge in [0.05, 0.1) is 0 Å². The largest absolute Gasteiger partial charge is 0.484 e. The number of nitrogens with one attached hydrogen (secondary N) is 1. The molecule has 0 saturated carbocycles. The number of nitrogens with zero attached hydrogens (tertiary/aromatic N) is 1. The summed E-state index contributed by atoms with van der Waals surface area (Å²) in [4.78, 5) is 28.8. The van der Waals surface area contributed by atoms with Crippen molar-refractivity contribution in [2.24, 2.45) is 0 Å². The first kappa shape index (κ1) is 27.0. The van der Waals surface area contributed by atoms with Crippen LogP contribution in [-0.2, 0) is 29.0 Å². The van der Waals surface area contributed by atoms with Crippen molar-refractivity contribution in [3.8, 4) is 5.75 Å². The zero-order valence-corrected chi connectivity index (χ0v) is 21.7. The van der Waals surface area contributed by atoms with E-state index < -0.39 is 6.04 Å². The standard InChI is InChI=1S/C31H38N2O3/c1-4-6-20-32-31(35)29(21-26-13-8-7-9-14-26)33(22-27-15-11-10-12-24(27)3)30(34)23-36-28-18-16-25(5-2)17-19-28/h7-19,29H,4-6,20-23H2,1-3H3,(H,32,35)/t29-/m0/s1. The highest BCUT2D eigenvalue weighted by molar-refractivity contribution is 5.88. The summed E-state index contributed by atoms with van der Waals surface area (Å²) in [6, 6.07) is 25.0. The predicted octanol–water partition coefficient (Wildman–Crippen LogP) is 5.49. The van der Waals surface area contributed by atoms with E-state index in [0.29, 0.717) is 25.3 Å². The molecule has 190 valence electrons. The Labute approximate surface area is 215 Å². The number of amides is 2. The maximum absolute atomic E-state index is 13.6. The van der Waals surface area contributed by atoms with Gasteiger partial charge in [-0.15, -0.1) is 0 Å². The zero-order valence-electron chi connectivity index (χ0n) is 21.7. The maximum atomic E-state index is 13.6. The minimum atomic E-state index is -0.651. The van der Waals surface area contributed by atoms with Crippen LogP contribution in [0.5, 0.6) is 5.75 Å². The fourth-order valence-electron chi connectivity index (χ4n) is 4.08. The van der Waals surface area contributed by atoms with E-state index in [1.165, 1.54) is 5.56 Å². The molecule has 0 fully saturated rings. The number of aryl methyl sites for hydroxylation is 2. The van der Waals surface area contributed by atoms with Crippen molar-refractivity contribution in [1.29, 1.82) is 0 Å². The molecule has 1 N–H and O–H groups in total. The van der Waals surface area contributed by atoms with Gasteiger partial charge in [-0.3, -0.25) is 9.59 Å². The molecular weight excluding hydrogens is 448 g/mol. The summed E-state index contributed by atoms with van der Waals surface area (Å²) < 4.78 is 5.87. The van der Waals surface area contributed by atoms with E-state index in [9.17, 15) is 9.59 Å². The van der Waals surface area contributed by atoms with Crippen LogP contribution in [0.25, 0.3) is 0 Å². The fourth-order valence-corrected chi connectivity index (χ4v) is 4.08. The van der Waals surface area contributed by atoms with Crippen molar-refractivity contribution in [1.82, 2.24) is 10.2 Å². The Hall–Kier alpha value is -3.60. The topological polar surface area (TPSA) is 58.6 Å². The lowest BCUT2D eigenvalue weighted by Gasteiger charge is -2.32. The number of benzene rings is 3. The van der Waals surface area contributed by atoms with E-state index in [2.05, 4.69) is 19.2 Å². The summed E-state index contributed by atoms with van der Waals surface area (Å²) in [7, 11) is 0. The molecule has 0 bridgehead atoms. The van der Waals surface area contributed by atoms with Crippen LogP contribution in [0.4, 0.5) is 0 Å². The van der Waals surface area contributed by atoms with Crippen LogP contribution >= 0.6 is 0 Å². The fraction of sp³-hybridized carbons (Fsp3) is 0.355. The molecule has 0 aliphatic carbocycles. The lowest BCUT2D eigenvalue weighted by Crippen LogP contribution is -2.52. The molecule has 0 heterocycles. The average Bonchev–Trinajstić information content (AvgIpc) is 2.91. The number of unbranched alkanes of at least 4 members (excludes halogenated alkanes) is 1. The van der Waals surface area contributed by atoms with Crippen LogP contribution in [0, 0.1) is 6.92 Å². The molecule has 0 aromatic heterocycles. The summed E-state index contributed by atoms with van der Waals surface area (Å²) >= 11 is 0. The van der Waals surface area contributed by atoms with Crippen molar-refractivity contribution >= 4 is 11.8 Å². The van der Waals surface area contributed by atoms with E-state index >= 15 is 0 Å². The van der Waals surface area contributed by atoms with Crippen molar-refractivity contribution in [2.75, 3.05) is 13.2 Å². The van der Waals surface area contributed by atoms with Gasteiger partial charge in [-0.25, -0.2) is 0 Å². The van der Waals surface area contributed by atoms with Gasteiger partial charge in [0.1, 0.15) is 11.8 Å². The van der Waals surface area contributed by atoms with Gasteiger partial charge < -0.3 is 15.0 Å². The zero-order chi connectivity index (χ0) is 25.8. The molecule has 5 nitrogen and oxygen atoms in total. The Morgan fingerprint density at radius 1 is 0.889 bits per heavy atom. The lowest BCUT2D eigenvalue weighted by molar-refractivity contribution is -0.142. The SMILES string of the molecule is CCCCNC(=O)[C@H](Cc1ccccc1)N(Cc1ccccc1C)C(=O)COc1ccc(CC)cc1. The van der Waals surface area contributed by atoms with Gasteiger partial charge in [0.15, 0.2) is 6.61 Å². The Morgan fingerprint density at radius 2 is 1.58 bits per heavy atom. The highest BCUT2D eigenvalue weighted by atomic mass is 16.5. The summed E-state index contributed by atoms with van der Waals surface area (Å²) in [6.07, 6.45) is 3.26. The summed E-state index contributed by atoms with van der Waals surface area (Å²) in [6.45, 7) is 7.01. The molecule has 3 aromatic carbocycles. The van der Waals surface area contributed by atoms with Gasteiger partial charge in [0.25, 0.3) is 5.91 Å². The first-order valence-corrected chi connectivity index (χ1v) is 12.9. The van der Waals surface area contributed by atoms with Gasteiger partial charge in [-0.2, -0.15) is 0 Å². The molecule has 0 unspecified atom stereocenters. The van der Waals surface area contributed by atoms with Crippen molar-refractivity contribution in [3.63, 3.8) is 0 Å².